The van der Waals surface area contributed by atoms with Crippen molar-refractivity contribution in [2.45, 2.75) is 20.0 Å². The summed E-state index contributed by atoms with van der Waals surface area (Å²) < 4.78 is 10.1. The van der Waals surface area contributed by atoms with E-state index in [4.69, 9.17) is 21.1 Å². The van der Waals surface area contributed by atoms with Crippen LogP contribution in [0.25, 0.3) is 0 Å². The van der Waals surface area contributed by atoms with Gasteiger partial charge in [0.05, 0.1) is 11.5 Å². The number of esters is 1. The van der Waals surface area contributed by atoms with Crippen LogP contribution in [0.3, 0.4) is 0 Å². The topological polar surface area (TPSA) is 91.6 Å². The van der Waals surface area contributed by atoms with Crippen molar-refractivity contribution in [3.63, 3.8) is 0 Å². The molecule has 1 unspecified atom stereocenters. The quantitative estimate of drug-likeness (QED) is 0.345. The summed E-state index contributed by atoms with van der Waals surface area (Å²) in [5.74, 6) is -0.830. The van der Waals surface area contributed by atoms with Crippen LogP contribution in [-0.4, -0.2) is 35.2 Å². The molecule has 0 aliphatic carbocycles. The van der Waals surface area contributed by atoms with Crippen molar-refractivity contribution in [3.8, 4) is 0 Å². The van der Waals surface area contributed by atoms with E-state index in [0.29, 0.717) is 6.61 Å². The van der Waals surface area contributed by atoms with Crippen molar-refractivity contribution in [1.82, 2.24) is 4.98 Å². The number of carbonyl (C=O) groups excluding carboxylic acids is 1. The van der Waals surface area contributed by atoms with Crippen LogP contribution in [-0.2, 0) is 9.47 Å². The Hall–Kier alpha value is -1.73. The highest BCUT2D eigenvalue weighted by Gasteiger charge is 2.24. The molecule has 0 aliphatic heterocycles. The van der Waals surface area contributed by atoms with Gasteiger partial charge in [0.1, 0.15) is 23.0 Å². The van der Waals surface area contributed by atoms with Crippen molar-refractivity contribution < 1.29 is 19.2 Å². The van der Waals surface area contributed by atoms with Gasteiger partial charge in [-0.2, -0.15) is 0 Å². The molecule has 104 valence electrons. The van der Waals surface area contributed by atoms with Crippen LogP contribution in [0, 0.1) is 10.1 Å². The maximum atomic E-state index is 11.8. The van der Waals surface area contributed by atoms with E-state index in [1.54, 1.807) is 6.92 Å². The summed E-state index contributed by atoms with van der Waals surface area (Å²) in [4.78, 5) is 25.5. The van der Waals surface area contributed by atoms with Crippen molar-refractivity contribution in [3.05, 3.63) is 33.1 Å². The van der Waals surface area contributed by atoms with Crippen LogP contribution in [0.15, 0.2) is 12.3 Å². The summed E-state index contributed by atoms with van der Waals surface area (Å²) in [6.45, 7) is 4.14. The van der Waals surface area contributed by atoms with E-state index in [0.717, 1.165) is 12.3 Å². The molecule has 1 heterocycles. The molecule has 0 saturated carbocycles. The Morgan fingerprint density at radius 2 is 2.32 bits per heavy atom. The first kappa shape index (κ1) is 15.3. The molecule has 0 amide bonds. The first-order valence-corrected chi connectivity index (χ1v) is 5.92. The molecule has 7 nitrogen and oxygen atoms in total. The van der Waals surface area contributed by atoms with E-state index in [1.807, 2.05) is 6.92 Å². The number of ether oxygens (including phenoxy) is 2. The lowest BCUT2D eigenvalue weighted by atomic mass is 10.2. The lowest BCUT2D eigenvalue weighted by Crippen LogP contribution is -2.21. The zero-order valence-electron chi connectivity index (χ0n) is 10.5. The lowest BCUT2D eigenvalue weighted by Gasteiger charge is -2.12. The molecule has 0 spiro atoms. The number of aromatic nitrogens is 1. The zero-order valence-corrected chi connectivity index (χ0v) is 11.2. The average Bonchev–Trinajstić information content (AvgIpc) is 2.35. The number of nitro groups is 1. The largest absolute Gasteiger partial charge is 0.456 e. The second-order valence-electron chi connectivity index (χ2n) is 3.66. The van der Waals surface area contributed by atoms with Gasteiger partial charge in [-0.25, -0.2) is 9.78 Å². The highest BCUT2D eigenvalue weighted by molar-refractivity contribution is 6.29. The van der Waals surface area contributed by atoms with E-state index >= 15 is 0 Å². The number of nitrogens with zero attached hydrogens (tertiary/aromatic N) is 2. The second-order valence-corrected chi connectivity index (χ2v) is 4.04. The molecule has 0 radical (unpaired) electrons. The standard InChI is InChI=1S/C11H13ClN2O5/c1-3-18-6-7(2)19-11(15)8-4-10(12)13-5-9(8)14(16)17/h4-5,7H,3,6H2,1-2H3. The van der Waals surface area contributed by atoms with Gasteiger partial charge in [0.2, 0.25) is 0 Å². The molecule has 1 aromatic heterocycles. The molecule has 0 aliphatic rings. The smallest absolute Gasteiger partial charge is 0.345 e. The molecule has 0 saturated heterocycles. The van der Waals surface area contributed by atoms with Crippen molar-refractivity contribution in [1.29, 1.82) is 0 Å². The van der Waals surface area contributed by atoms with Gasteiger partial charge >= 0.3 is 11.7 Å². The van der Waals surface area contributed by atoms with Gasteiger partial charge < -0.3 is 9.47 Å². The third-order valence-corrected chi connectivity index (χ3v) is 2.34. The molecule has 1 rings (SSSR count). The molecule has 0 N–H and O–H groups in total. The summed E-state index contributed by atoms with van der Waals surface area (Å²) in [6, 6.07) is 1.11. The molecule has 19 heavy (non-hydrogen) atoms. The van der Waals surface area contributed by atoms with Gasteiger partial charge in [0.25, 0.3) is 0 Å². The highest BCUT2D eigenvalue weighted by atomic mass is 35.5. The van der Waals surface area contributed by atoms with Gasteiger partial charge in [-0.1, -0.05) is 11.6 Å². The molecule has 8 heteroatoms. The number of halogens is 1. The molecule has 1 atom stereocenters. The fourth-order valence-electron chi connectivity index (χ4n) is 1.30. The van der Waals surface area contributed by atoms with Gasteiger partial charge in [-0.05, 0) is 19.9 Å². The Morgan fingerprint density at radius 3 is 2.89 bits per heavy atom. The average molecular weight is 289 g/mol. The lowest BCUT2D eigenvalue weighted by molar-refractivity contribution is -0.385. The SMILES string of the molecule is CCOCC(C)OC(=O)c1cc(Cl)ncc1[N+](=O)[O-]. The monoisotopic (exact) mass is 288 g/mol. The van der Waals surface area contributed by atoms with E-state index in [1.165, 1.54) is 0 Å². The molecular weight excluding hydrogens is 276 g/mol. The summed E-state index contributed by atoms with van der Waals surface area (Å²) in [5.41, 5.74) is -0.675. The Labute approximate surface area is 114 Å². The second kappa shape index (κ2) is 7.01. The molecule has 0 aromatic carbocycles. The minimum Gasteiger partial charge on any atom is -0.456 e. The van der Waals surface area contributed by atoms with Crippen molar-refractivity contribution in [2.24, 2.45) is 0 Å². The summed E-state index contributed by atoms with van der Waals surface area (Å²) in [6.07, 6.45) is 0.408. The van der Waals surface area contributed by atoms with E-state index < -0.39 is 22.7 Å². The normalized spacial score (nSPS) is 11.9. The van der Waals surface area contributed by atoms with Crippen LogP contribution in [0.1, 0.15) is 24.2 Å². The first-order chi connectivity index (χ1) is 8.95. The van der Waals surface area contributed by atoms with Gasteiger partial charge in [0, 0.05) is 6.61 Å². The van der Waals surface area contributed by atoms with E-state index in [-0.39, 0.29) is 17.3 Å². The number of rotatable bonds is 6. The number of hydrogen-bond acceptors (Lipinski definition) is 6. The van der Waals surface area contributed by atoms with Crippen LogP contribution < -0.4 is 0 Å². The summed E-state index contributed by atoms with van der Waals surface area (Å²) >= 11 is 5.62. The maximum Gasteiger partial charge on any atom is 0.345 e. The predicted octanol–water partition coefficient (Wildman–Crippen LogP) is 2.22. The molecule has 1 aromatic rings. The Bertz CT molecular complexity index is 480. The number of carbonyl (C=O) groups is 1. The van der Waals surface area contributed by atoms with Crippen LogP contribution in [0.4, 0.5) is 5.69 Å². The van der Waals surface area contributed by atoms with Crippen LogP contribution in [0.2, 0.25) is 5.15 Å². The zero-order chi connectivity index (χ0) is 14.4. The fourth-order valence-corrected chi connectivity index (χ4v) is 1.45. The van der Waals surface area contributed by atoms with Crippen LogP contribution in [0.5, 0.6) is 0 Å². The van der Waals surface area contributed by atoms with Gasteiger partial charge in [0.15, 0.2) is 0 Å². The number of pyridine rings is 1. The molecule has 0 bridgehead atoms. The first-order valence-electron chi connectivity index (χ1n) is 5.54. The minimum absolute atomic E-state index is 0.0185. The van der Waals surface area contributed by atoms with Crippen molar-refractivity contribution >= 4 is 23.3 Å². The van der Waals surface area contributed by atoms with E-state index in [9.17, 15) is 14.9 Å². The van der Waals surface area contributed by atoms with Crippen molar-refractivity contribution in [2.75, 3.05) is 13.2 Å². The third-order valence-electron chi connectivity index (χ3n) is 2.13. The van der Waals surface area contributed by atoms with Crippen LogP contribution >= 0.6 is 11.6 Å². The number of hydrogen-bond donors (Lipinski definition) is 0. The highest BCUT2D eigenvalue weighted by Crippen LogP contribution is 2.21. The Morgan fingerprint density at radius 1 is 1.63 bits per heavy atom. The molecular formula is C11H13ClN2O5. The van der Waals surface area contributed by atoms with E-state index in [2.05, 4.69) is 4.98 Å². The summed E-state index contributed by atoms with van der Waals surface area (Å²) in [5, 5.41) is 10.8. The third kappa shape index (κ3) is 4.46. The molecule has 0 fully saturated rings. The maximum absolute atomic E-state index is 11.8. The summed E-state index contributed by atoms with van der Waals surface area (Å²) in [7, 11) is 0. The minimum atomic E-state index is -0.830. The van der Waals surface area contributed by atoms with Gasteiger partial charge in [-0.15, -0.1) is 0 Å². The Kier molecular flexibility index (Phi) is 5.65. The predicted molar refractivity (Wildman–Crippen MR) is 67.3 cm³/mol. The Balaban J connectivity index is 2.86. The van der Waals surface area contributed by atoms with Gasteiger partial charge in [-0.3, -0.25) is 10.1 Å². The fraction of sp³-hybridized carbons (Fsp3) is 0.455.